The summed E-state index contributed by atoms with van der Waals surface area (Å²) >= 11 is 0. The van der Waals surface area contributed by atoms with Crippen LogP contribution in [0.25, 0.3) is 0 Å². The van der Waals surface area contributed by atoms with Crippen molar-refractivity contribution in [2.24, 2.45) is 0 Å². The molecule has 0 aliphatic rings. The zero-order valence-corrected chi connectivity index (χ0v) is 5.85. The minimum atomic E-state index is -2.93. The molecule has 50 valence electrons. The van der Waals surface area contributed by atoms with Crippen molar-refractivity contribution in [1.29, 1.82) is 5.26 Å². The SMILES string of the molecule is CS(=O)(=O)C/C=C/C#N. The lowest BCUT2D eigenvalue weighted by molar-refractivity contribution is 0.604. The second-order valence-electron chi connectivity index (χ2n) is 1.62. The summed E-state index contributed by atoms with van der Waals surface area (Å²) in [5.41, 5.74) is 0. The molecule has 0 aliphatic carbocycles. The molecule has 0 amide bonds. The Hall–Kier alpha value is -0.820. The van der Waals surface area contributed by atoms with Gasteiger partial charge in [-0.05, 0) is 0 Å². The fraction of sp³-hybridized carbons (Fsp3) is 0.400. The average molecular weight is 145 g/mol. The number of nitriles is 1. The molecule has 0 atom stereocenters. The first-order valence-corrected chi connectivity index (χ1v) is 4.34. The zero-order chi connectivity index (χ0) is 7.33. The molecule has 0 saturated heterocycles. The van der Waals surface area contributed by atoms with E-state index in [9.17, 15) is 8.42 Å². The highest BCUT2D eigenvalue weighted by molar-refractivity contribution is 7.90. The minimum Gasteiger partial charge on any atom is -0.229 e. The third kappa shape index (κ3) is 7.18. The maximum Gasteiger partial charge on any atom is 0.151 e. The standard InChI is InChI=1S/C5H7NO2S/c1-9(7,8)5-3-2-4-6/h2-3H,5H2,1H3/b3-2+. The molecular weight excluding hydrogens is 138 g/mol. The van der Waals surface area contributed by atoms with Gasteiger partial charge >= 0.3 is 0 Å². The minimum absolute atomic E-state index is 0.0550. The Balaban J connectivity index is 3.83. The number of hydrogen-bond acceptors (Lipinski definition) is 3. The Morgan fingerprint density at radius 2 is 2.22 bits per heavy atom. The molecule has 0 aromatic heterocycles. The van der Waals surface area contributed by atoms with Crippen LogP contribution in [0, 0.1) is 11.3 Å². The molecule has 0 radical (unpaired) electrons. The highest BCUT2D eigenvalue weighted by Crippen LogP contribution is 1.82. The molecule has 0 fully saturated rings. The van der Waals surface area contributed by atoms with E-state index in [1.165, 1.54) is 6.08 Å². The summed E-state index contributed by atoms with van der Waals surface area (Å²) in [6.45, 7) is 0. The van der Waals surface area contributed by atoms with Gasteiger partial charge in [0.2, 0.25) is 0 Å². The van der Waals surface area contributed by atoms with Crippen LogP contribution in [0.3, 0.4) is 0 Å². The smallest absolute Gasteiger partial charge is 0.151 e. The van der Waals surface area contributed by atoms with Gasteiger partial charge in [-0.25, -0.2) is 8.42 Å². The predicted octanol–water partition coefficient (Wildman–Crippen LogP) is 0.111. The molecule has 9 heavy (non-hydrogen) atoms. The highest BCUT2D eigenvalue weighted by atomic mass is 32.2. The van der Waals surface area contributed by atoms with Gasteiger partial charge in [0.25, 0.3) is 0 Å². The Morgan fingerprint density at radius 3 is 2.56 bits per heavy atom. The van der Waals surface area contributed by atoms with Gasteiger partial charge in [0.05, 0.1) is 11.8 Å². The molecule has 4 heteroatoms. The normalized spacial score (nSPS) is 11.6. The van der Waals surface area contributed by atoms with Crippen molar-refractivity contribution in [2.75, 3.05) is 12.0 Å². The first kappa shape index (κ1) is 8.18. The molecule has 0 N–H and O–H groups in total. The van der Waals surface area contributed by atoms with Crippen molar-refractivity contribution >= 4 is 9.84 Å². The van der Waals surface area contributed by atoms with Gasteiger partial charge in [-0.2, -0.15) is 5.26 Å². The lowest BCUT2D eigenvalue weighted by Crippen LogP contribution is -1.98. The maximum atomic E-state index is 10.3. The van der Waals surface area contributed by atoms with Gasteiger partial charge in [0.1, 0.15) is 0 Å². The fourth-order valence-electron chi connectivity index (χ4n) is 0.276. The van der Waals surface area contributed by atoms with Gasteiger partial charge in [0, 0.05) is 12.3 Å². The molecule has 3 nitrogen and oxygen atoms in total. The first-order valence-electron chi connectivity index (χ1n) is 2.28. The van der Waals surface area contributed by atoms with E-state index in [2.05, 4.69) is 0 Å². The lowest BCUT2D eigenvalue weighted by atomic mass is 10.6. The van der Waals surface area contributed by atoms with Crippen LogP contribution in [0.15, 0.2) is 12.2 Å². The number of allylic oxidation sites excluding steroid dienone is 1. The lowest BCUT2D eigenvalue weighted by Gasteiger charge is -1.84. The van der Waals surface area contributed by atoms with Crippen molar-refractivity contribution in [3.05, 3.63) is 12.2 Å². The maximum absolute atomic E-state index is 10.3. The molecule has 0 aromatic carbocycles. The van der Waals surface area contributed by atoms with Crippen LogP contribution in [0.1, 0.15) is 0 Å². The fourth-order valence-corrected chi connectivity index (χ4v) is 0.721. The molecule has 0 heterocycles. The van der Waals surface area contributed by atoms with Crippen molar-refractivity contribution in [2.45, 2.75) is 0 Å². The summed E-state index contributed by atoms with van der Waals surface area (Å²) in [5, 5.41) is 7.93. The Morgan fingerprint density at radius 1 is 1.67 bits per heavy atom. The van der Waals surface area contributed by atoms with Crippen LogP contribution in [0.4, 0.5) is 0 Å². The number of nitrogens with zero attached hydrogens (tertiary/aromatic N) is 1. The van der Waals surface area contributed by atoms with Gasteiger partial charge in [0.15, 0.2) is 9.84 Å². The quantitative estimate of drug-likeness (QED) is 0.518. The number of rotatable bonds is 2. The Labute approximate surface area is 54.5 Å². The van der Waals surface area contributed by atoms with Gasteiger partial charge < -0.3 is 0 Å². The average Bonchev–Trinajstić information content (AvgIpc) is 1.63. The van der Waals surface area contributed by atoms with Crippen LogP contribution < -0.4 is 0 Å². The molecular formula is C5H7NO2S. The van der Waals surface area contributed by atoms with E-state index in [-0.39, 0.29) is 5.75 Å². The Kier molecular flexibility index (Phi) is 2.96. The molecule has 0 bridgehead atoms. The molecule has 0 saturated carbocycles. The summed E-state index contributed by atoms with van der Waals surface area (Å²) in [5.74, 6) is -0.0550. The number of sulfone groups is 1. The van der Waals surface area contributed by atoms with Crippen molar-refractivity contribution < 1.29 is 8.42 Å². The molecule has 0 spiro atoms. The second kappa shape index (κ2) is 3.25. The molecule has 0 aliphatic heterocycles. The summed E-state index contributed by atoms with van der Waals surface area (Å²) in [4.78, 5) is 0. The van der Waals surface area contributed by atoms with Crippen molar-refractivity contribution in [3.8, 4) is 6.07 Å². The monoisotopic (exact) mass is 145 g/mol. The first-order chi connectivity index (χ1) is 4.06. The largest absolute Gasteiger partial charge is 0.229 e. The highest BCUT2D eigenvalue weighted by Gasteiger charge is 1.94. The van der Waals surface area contributed by atoms with Crippen LogP contribution in [-0.2, 0) is 9.84 Å². The summed E-state index contributed by atoms with van der Waals surface area (Å²) < 4.78 is 20.7. The van der Waals surface area contributed by atoms with E-state index in [0.29, 0.717) is 0 Å². The van der Waals surface area contributed by atoms with Crippen molar-refractivity contribution in [3.63, 3.8) is 0 Å². The summed E-state index contributed by atoms with van der Waals surface area (Å²) in [6.07, 6.45) is 3.59. The van der Waals surface area contributed by atoms with E-state index < -0.39 is 9.84 Å². The topological polar surface area (TPSA) is 57.9 Å². The molecule has 0 aromatic rings. The van der Waals surface area contributed by atoms with Gasteiger partial charge in [-0.15, -0.1) is 0 Å². The number of hydrogen-bond donors (Lipinski definition) is 0. The summed E-state index contributed by atoms with van der Waals surface area (Å²) in [6, 6.07) is 1.70. The third-order valence-corrected chi connectivity index (χ3v) is 1.39. The van der Waals surface area contributed by atoms with E-state index in [4.69, 9.17) is 5.26 Å². The third-order valence-electron chi connectivity index (χ3n) is 0.591. The molecule has 0 rings (SSSR count). The zero-order valence-electron chi connectivity index (χ0n) is 5.03. The van der Waals surface area contributed by atoms with E-state index in [1.807, 2.05) is 0 Å². The van der Waals surface area contributed by atoms with Crippen LogP contribution in [0.5, 0.6) is 0 Å². The molecule has 0 unspecified atom stereocenters. The van der Waals surface area contributed by atoms with Gasteiger partial charge in [-0.3, -0.25) is 0 Å². The van der Waals surface area contributed by atoms with Crippen LogP contribution in [0.2, 0.25) is 0 Å². The van der Waals surface area contributed by atoms with Gasteiger partial charge in [-0.1, -0.05) is 6.08 Å². The predicted molar refractivity (Wildman–Crippen MR) is 34.5 cm³/mol. The summed E-state index contributed by atoms with van der Waals surface area (Å²) in [7, 11) is -2.93. The van der Waals surface area contributed by atoms with Crippen LogP contribution in [-0.4, -0.2) is 20.4 Å². The van der Waals surface area contributed by atoms with Crippen molar-refractivity contribution in [1.82, 2.24) is 0 Å². The van der Waals surface area contributed by atoms with Crippen LogP contribution >= 0.6 is 0 Å². The van der Waals surface area contributed by atoms with E-state index in [1.54, 1.807) is 6.07 Å². The van der Waals surface area contributed by atoms with E-state index in [0.717, 1.165) is 12.3 Å². The Bertz CT molecular complexity index is 232. The second-order valence-corrected chi connectivity index (χ2v) is 3.81. The van der Waals surface area contributed by atoms with E-state index >= 15 is 0 Å².